The van der Waals surface area contributed by atoms with Crippen molar-refractivity contribution in [2.45, 2.75) is 24.2 Å². The van der Waals surface area contributed by atoms with Crippen LogP contribution in [0.1, 0.15) is 16.7 Å². The van der Waals surface area contributed by atoms with Crippen molar-refractivity contribution in [2.75, 3.05) is 6.26 Å². The molecule has 7 heteroatoms. The minimum Gasteiger partial charge on any atom is -0.726 e. The second-order valence-corrected chi connectivity index (χ2v) is 9.43. The lowest BCUT2D eigenvalue weighted by Gasteiger charge is -2.06. The smallest absolute Gasteiger partial charge is 0.217 e. The van der Waals surface area contributed by atoms with Crippen LogP contribution >= 0.6 is 0 Å². The Morgan fingerprint density at radius 3 is 2.00 bits per heavy atom. The van der Waals surface area contributed by atoms with Crippen LogP contribution in [-0.4, -0.2) is 24.3 Å². The van der Waals surface area contributed by atoms with Crippen molar-refractivity contribution < 1.29 is 22.3 Å². The van der Waals surface area contributed by atoms with Gasteiger partial charge >= 0.3 is 0 Å². The maximum Gasteiger partial charge on any atom is 0.217 e. The molecule has 1 atom stereocenters. The third-order valence-corrected chi connectivity index (χ3v) is 6.35. The lowest BCUT2D eigenvalue weighted by molar-refractivity contribution is 0.253. The summed E-state index contributed by atoms with van der Waals surface area (Å²) in [4.78, 5) is 1.34. The van der Waals surface area contributed by atoms with E-state index in [-0.39, 0.29) is 17.5 Å². The first-order chi connectivity index (χ1) is 13.7. The Hall–Kier alpha value is -2.32. The molecule has 0 saturated carbocycles. The SMILES string of the molecule is Cc1cc(O)ccc1[S+](C)Cc1ccccc1.O=S(=O)([O-])OCc1ccccc1. The number of phenolic OH excluding ortho intramolecular Hbond substituents is 1. The first-order valence-corrected chi connectivity index (χ1v) is 12.0. The lowest BCUT2D eigenvalue weighted by Crippen LogP contribution is -2.05. The van der Waals surface area contributed by atoms with Gasteiger partial charge in [-0.3, -0.25) is 4.18 Å². The molecule has 5 nitrogen and oxygen atoms in total. The van der Waals surface area contributed by atoms with Crippen LogP contribution in [0, 0.1) is 6.92 Å². The maximum absolute atomic E-state index is 10.0. The highest BCUT2D eigenvalue weighted by atomic mass is 32.3. The monoisotopic (exact) mass is 432 g/mol. The second-order valence-electron chi connectivity index (χ2n) is 6.37. The standard InChI is InChI=1S/C15H16OS.C7H8O4S/c1-12-10-14(16)8-9-15(12)17(2)11-13-6-4-3-5-7-13;8-12(9,10)11-6-7-4-2-1-3-5-7/h3-10H,11H2,1-2H3;1-5H,6H2,(H,8,9,10). The first kappa shape index (κ1) is 23.0. The summed E-state index contributed by atoms with van der Waals surface area (Å²) < 4.78 is 34.1. The van der Waals surface area contributed by atoms with Gasteiger partial charge in [-0.1, -0.05) is 60.7 Å². The van der Waals surface area contributed by atoms with Crippen LogP contribution in [-0.2, 0) is 37.8 Å². The van der Waals surface area contributed by atoms with E-state index in [2.05, 4.69) is 41.6 Å². The molecule has 3 aromatic carbocycles. The normalized spacial score (nSPS) is 12.0. The van der Waals surface area contributed by atoms with E-state index in [1.54, 1.807) is 36.4 Å². The molecule has 154 valence electrons. The summed E-state index contributed by atoms with van der Waals surface area (Å²) >= 11 is 0. The van der Waals surface area contributed by atoms with Gasteiger partial charge in [0.15, 0.2) is 4.90 Å². The topological polar surface area (TPSA) is 86.7 Å². The minimum absolute atomic E-state index is 0.185. The van der Waals surface area contributed by atoms with Gasteiger partial charge in [0.1, 0.15) is 17.8 Å². The zero-order chi connectivity index (χ0) is 21.3. The Bertz CT molecular complexity index is 990. The summed E-state index contributed by atoms with van der Waals surface area (Å²) in [6, 6.07) is 24.8. The molecular formula is C22H24O5S2. The third-order valence-electron chi connectivity index (χ3n) is 3.97. The quantitative estimate of drug-likeness (QED) is 0.359. The van der Waals surface area contributed by atoms with Crippen molar-refractivity contribution in [3.63, 3.8) is 0 Å². The van der Waals surface area contributed by atoms with Crippen LogP contribution in [0.3, 0.4) is 0 Å². The van der Waals surface area contributed by atoms with Crippen LogP contribution in [0.25, 0.3) is 0 Å². The number of aryl methyl sites for hydroxylation is 1. The van der Waals surface area contributed by atoms with Crippen LogP contribution in [0.4, 0.5) is 0 Å². The van der Waals surface area contributed by atoms with Gasteiger partial charge in [-0.05, 0) is 30.7 Å². The van der Waals surface area contributed by atoms with Crippen molar-refractivity contribution >= 4 is 21.3 Å². The van der Waals surface area contributed by atoms with E-state index in [0.29, 0.717) is 11.3 Å². The highest BCUT2D eigenvalue weighted by Crippen LogP contribution is 2.23. The summed E-state index contributed by atoms with van der Waals surface area (Å²) in [7, 11) is -4.39. The summed E-state index contributed by atoms with van der Waals surface area (Å²) in [5.74, 6) is 1.41. The fraction of sp³-hybridized carbons (Fsp3) is 0.182. The Morgan fingerprint density at radius 1 is 0.931 bits per heavy atom. The molecule has 0 bridgehead atoms. The van der Waals surface area contributed by atoms with E-state index in [1.807, 2.05) is 18.2 Å². The lowest BCUT2D eigenvalue weighted by atomic mass is 10.2. The molecule has 0 aliphatic heterocycles. The van der Waals surface area contributed by atoms with E-state index >= 15 is 0 Å². The van der Waals surface area contributed by atoms with E-state index in [1.165, 1.54) is 16.0 Å². The molecule has 0 spiro atoms. The first-order valence-electron chi connectivity index (χ1n) is 8.85. The largest absolute Gasteiger partial charge is 0.726 e. The van der Waals surface area contributed by atoms with Crippen molar-refractivity contribution in [1.82, 2.24) is 0 Å². The van der Waals surface area contributed by atoms with E-state index < -0.39 is 10.4 Å². The van der Waals surface area contributed by atoms with Crippen LogP contribution in [0.2, 0.25) is 0 Å². The highest BCUT2D eigenvalue weighted by molar-refractivity contribution is 7.95. The second kappa shape index (κ2) is 11.0. The predicted molar refractivity (Wildman–Crippen MR) is 115 cm³/mol. The Morgan fingerprint density at radius 2 is 1.48 bits per heavy atom. The van der Waals surface area contributed by atoms with Crippen LogP contribution < -0.4 is 0 Å². The minimum atomic E-state index is -4.57. The molecule has 0 amide bonds. The molecule has 3 rings (SSSR count). The van der Waals surface area contributed by atoms with Gasteiger partial charge in [0, 0.05) is 22.0 Å². The third kappa shape index (κ3) is 8.70. The molecule has 0 aromatic heterocycles. The summed E-state index contributed by atoms with van der Waals surface area (Å²) in [6.45, 7) is 1.86. The van der Waals surface area contributed by atoms with Gasteiger partial charge in [0.05, 0.1) is 6.61 Å². The maximum atomic E-state index is 10.0. The predicted octanol–water partition coefficient (Wildman–Crippen LogP) is 4.17. The number of rotatable bonds is 6. The van der Waals surface area contributed by atoms with Crippen LogP contribution in [0.5, 0.6) is 5.75 Å². The molecule has 0 aliphatic rings. The zero-order valence-corrected chi connectivity index (χ0v) is 17.9. The Labute approximate surface area is 175 Å². The van der Waals surface area contributed by atoms with Gasteiger partial charge in [0.25, 0.3) is 0 Å². The van der Waals surface area contributed by atoms with Gasteiger partial charge in [0.2, 0.25) is 10.4 Å². The number of benzene rings is 3. The number of phenols is 1. The molecule has 3 aromatic rings. The highest BCUT2D eigenvalue weighted by Gasteiger charge is 2.18. The van der Waals surface area contributed by atoms with Crippen molar-refractivity contribution in [1.29, 1.82) is 0 Å². The fourth-order valence-corrected chi connectivity index (χ4v) is 4.68. The number of aromatic hydroxyl groups is 1. The van der Waals surface area contributed by atoms with Gasteiger partial charge in [-0.2, -0.15) is 0 Å². The molecule has 29 heavy (non-hydrogen) atoms. The van der Waals surface area contributed by atoms with Crippen molar-refractivity contribution in [3.8, 4) is 5.75 Å². The van der Waals surface area contributed by atoms with Gasteiger partial charge < -0.3 is 9.66 Å². The van der Waals surface area contributed by atoms with Gasteiger partial charge in [-0.25, -0.2) is 8.42 Å². The van der Waals surface area contributed by atoms with Crippen molar-refractivity contribution in [2.24, 2.45) is 0 Å². The van der Waals surface area contributed by atoms with Gasteiger partial charge in [-0.15, -0.1) is 0 Å². The Balaban J connectivity index is 0.000000221. The van der Waals surface area contributed by atoms with E-state index in [4.69, 9.17) is 0 Å². The van der Waals surface area contributed by atoms with Crippen LogP contribution in [0.15, 0.2) is 83.8 Å². The molecule has 1 N–H and O–H groups in total. The molecular weight excluding hydrogens is 408 g/mol. The molecule has 0 saturated heterocycles. The van der Waals surface area contributed by atoms with E-state index in [9.17, 15) is 18.1 Å². The number of hydrogen-bond donors (Lipinski definition) is 1. The zero-order valence-electron chi connectivity index (χ0n) is 16.3. The van der Waals surface area contributed by atoms with Crippen molar-refractivity contribution in [3.05, 3.63) is 95.6 Å². The molecule has 0 radical (unpaired) electrons. The summed E-state index contributed by atoms with van der Waals surface area (Å²) in [5.41, 5.74) is 3.19. The Kier molecular flexibility index (Phi) is 8.72. The molecule has 0 aliphatic carbocycles. The summed E-state index contributed by atoms with van der Waals surface area (Å²) in [5, 5.41) is 9.41. The number of hydrogen-bond acceptors (Lipinski definition) is 5. The fourth-order valence-electron chi connectivity index (χ4n) is 2.64. The van der Waals surface area contributed by atoms with E-state index in [0.717, 1.165) is 5.75 Å². The average Bonchev–Trinajstić information content (AvgIpc) is 2.68. The molecule has 0 fully saturated rings. The molecule has 1 unspecified atom stereocenters. The summed E-state index contributed by atoms with van der Waals surface area (Å²) in [6.07, 6.45) is 2.26. The average molecular weight is 433 g/mol. The molecule has 0 heterocycles.